The van der Waals surface area contributed by atoms with Crippen molar-refractivity contribution in [1.82, 2.24) is 10.1 Å². The number of aromatic nitrogens is 2. The van der Waals surface area contributed by atoms with Gasteiger partial charge in [-0.25, -0.2) is 0 Å². The summed E-state index contributed by atoms with van der Waals surface area (Å²) in [5, 5.41) is 4.41. The summed E-state index contributed by atoms with van der Waals surface area (Å²) in [5.74, 6) is 1.71. The Morgan fingerprint density at radius 2 is 2.10 bits per heavy atom. The van der Waals surface area contributed by atoms with Gasteiger partial charge in [-0.15, -0.1) is 0 Å². The lowest BCUT2D eigenvalue weighted by molar-refractivity contribution is 0.355. The molecule has 1 aromatic carbocycles. The van der Waals surface area contributed by atoms with Crippen LogP contribution in [0.5, 0.6) is 11.5 Å². The van der Waals surface area contributed by atoms with Crippen LogP contribution in [0.15, 0.2) is 10.6 Å². The molecular formula is C13H16ClN3O3. The molecule has 0 aliphatic carbocycles. The molecular weight excluding hydrogens is 282 g/mol. The molecule has 0 saturated heterocycles. The summed E-state index contributed by atoms with van der Waals surface area (Å²) in [6.45, 7) is 2.16. The van der Waals surface area contributed by atoms with Crippen LogP contribution in [0.1, 0.15) is 18.4 Å². The predicted molar refractivity (Wildman–Crippen MR) is 75.1 cm³/mol. The van der Waals surface area contributed by atoms with Gasteiger partial charge in [0.15, 0.2) is 11.5 Å². The van der Waals surface area contributed by atoms with Crippen molar-refractivity contribution in [2.24, 2.45) is 5.73 Å². The predicted octanol–water partition coefficient (Wildman–Crippen LogP) is 2.43. The first-order valence-corrected chi connectivity index (χ1v) is 6.50. The van der Waals surface area contributed by atoms with Crippen molar-refractivity contribution in [3.8, 4) is 22.9 Å². The van der Waals surface area contributed by atoms with Gasteiger partial charge in [0.2, 0.25) is 11.7 Å². The van der Waals surface area contributed by atoms with Gasteiger partial charge in [-0.1, -0.05) is 23.7 Å². The maximum absolute atomic E-state index is 6.42. The van der Waals surface area contributed by atoms with Crippen LogP contribution >= 0.6 is 11.6 Å². The maximum Gasteiger partial charge on any atom is 0.240 e. The molecule has 0 bridgehead atoms. The molecule has 0 saturated carbocycles. The number of nitrogens with two attached hydrogens (primary N) is 1. The Balaban J connectivity index is 2.70. The van der Waals surface area contributed by atoms with E-state index in [1.807, 2.05) is 13.0 Å². The highest BCUT2D eigenvalue weighted by Crippen LogP contribution is 2.44. The number of rotatable bonds is 5. The maximum atomic E-state index is 6.42. The van der Waals surface area contributed by atoms with E-state index in [2.05, 4.69) is 10.1 Å². The number of methoxy groups -OCH3 is 2. The average Bonchev–Trinajstić information content (AvgIpc) is 2.95. The molecule has 0 fully saturated rings. The average molecular weight is 298 g/mol. The van der Waals surface area contributed by atoms with E-state index in [1.165, 1.54) is 7.11 Å². The van der Waals surface area contributed by atoms with Crippen LogP contribution in [0.25, 0.3) is 11.4 Å². The first-order valence-electron chi connectivity index (χ1n) is 6.12. The van der Waals surface area contributed by atoms with Crippen molar-refractivity contribution in [3.05, 3.63) is 22.5 Å². The highest BCUT2D eigenvalue weighted by Gasteiger charge is 2.23. The van der Waals surface area contributed by atoms with E-state index in [-0.39, 0.29) is 6.54 Å². The van der Waals surface area contributed by atoms with E-state index in [0.29, 0.717) is 33.8 Å². The van der Waals surface area contributed by atoms with Crippen LogP contribution in [-0.2, 0) is 13.0 Å². The Morgan fingerprint density at radius 1 is 1.35 bits per heavy atom. The van der Waals surface area contributed by atoms with E-state index < -0.39 is 0 Å². The zero-order valence-electron chi connectivity index (χ0n) is 11.6. The lowest BCUT2D eigenvalue weighted by Crippen LogP contribution is -1.99. The molecule has 108 valence electrons. The molecule has 1 heterocycles. The SMILES string of the molecule is CCc1cc(OC)c(OC)c(-c2noc(CN)n2)c1Cl. The van der Waals surface area contributed by atoms with Crippen molar-refractivity contribution < 1.29 is 14.0 Å². The number of ether oxygens (including phenoxy) is 2. The van der Waals surface area contributed by atoms with Crippen LogP contribution in [0, 0.1) is 0 Å². The van der Waals surface area contributed by atoms with Crippen molar-refractivity contribution in [1.29, 1.82) is 0 Å². The van der Waals surface area contributed by atoms with Gasteiger partial charge >= 0.3 is 0 Å². The van der Waals surface area contributed by atoms with Crippen LogP contribution in [0.3, 0.4) is 0 Å². The van der Waals surface area contributed by atoms with Gasteiger partial charge in [0.25, 0.3) is 0 Å². The molecule has 0 aliphatic rings. The first kappa shape index (κ1) is 14.6. The van der Waals surface area contributed by atoms with E-state index in [0.717, 1.165) is 12.0 Å². The first-order chi connectivity index (χ1) is 9.65. The van der Waals surface area contributed by atoms with Gasteiger partial charge in [0.1, 0.15) is 0 Å². The fraction of sp³-hybridized carbons (Fsp3) is 0.385. The van der Waals surface area contributed by atoms with Gasteiger partial charge in [-0.05, 0) is 18.1 Å². The molecule has 0 amide bonds. The third-order valence-electron chi connectivity index (χ3n) is 2.93. The molecule has 0 radical (unpaired) electrons. The Bertz CT molecular complexity index is 613. The summed E-state index contributed by atoms with van der Waals surface area (Å²) in [5.41, 5.74) is 6.94. The van der Waals surface area contributed by atoms with Crippen molar-refractivity contribution >= 4 is 11.6 Å². The normalized spacial score (nSPS) is 10.7. The van der Waals surface area contributed by atoms with Crippen LogP contribution in [0.4, 0.5) is 0 Å². The Labute approximate surface area is 121 Å². The largest absolute Gasteiger partial charge is 0.493 e. The number of hydrogen-bond acceptors (Lipinski definition) is 6. The highest BCUT2D eigenvalue weighted by atomic mass is 35.5. The molecule has 0 aliphatic heterocycles. The molecule has 20 heavy (non-hydrogen) atoms. The molecule has 0 unspecified atom stereocenters. The lowest BCUT2D eigenvalue weighted by atomic mass is 10.1. The van der Waals surface area contributed by atoms with Crippen molar-refractivity contribution in [3.63, 3.8) is 0 Å². The summed E-state index contributed by atoms with van der Waals surface area (Å²) in [6, 6.07) is 1.84. The Kier molecular flexibility index (Phi) is 4.46. The lowest BCUT2D eigenvalue weighted by Gasteiger charge is -2.15. The molecule has 0 atom stereocenters. The Hall–Kier alpha value is -1.79. The second kappa shape index (κ2) is 6.11. The van der Waals surface area contributed by atoms with Crippen molar-refractivity contribution in [2.45, 2.75) is 19.9 Å². The quantitative estimate of drug-likeness (QED) is 0.912. The summed E-state index contributed by atoms with van der Waals surface area (Å²) < 4.78 is 15.7. The minimum absolute atomic E-state index is 0.164. The zero-order chi connectivity index (χ0) is 14.7. The summed E-state index contributed by atoms with van der Waals surface area (Å²) in [7, 11) is 3.10. The zero-order valence-corrected chi connectivity index (χ0v) is 12.3. The fourth-order valence-corrected chi connectivity index (χ4v) is 2.28. The van der Waals surface area contributed by atoms with Gasteiger partial charge in [0.05, 0.1) is 31.4 Å². The van der Waals surface area contributed by atoms with Gasteiger partial charge in [-0.2, -0.15) is 4.98 Å². The molecule has 0 spiro atoms. The Morgan fingerprint density at radius 3 is 2.60 bits per heavy atom. The number of aryl methyl sites for hydroxylation is 1. The summed E-state index contributed by atoms with van der Waals surface area (Å²) >= 11 is 6.42. The summed E-state index contributed by atoms with van der Waals surface area (Å²) in [6.07, 6.45) is 0.744. The minimum Gasteiger partial charge on any atom is -0.493 e. The van der Waals surface area contributed by atoms with E-state index in [9.17, 15) is 0 Å². The molecule has 6 nitrogen and oxygen atoms in total. The van der Waals surface area contributed by atoms with Crippen LogP contribution < -0.4 is 15.2 Å². The van der Waals surface area contributed by atoms with Crippen molar-refractivity contribution in [2.75, 3.05) is 14.2 Å². The number of benzene rings is 1. The highest BCUT2D eigenvalue weighted by molar-refractivity contribution is 6.34. The monoisotopic (exact) mass is 297 g/mol. The molecule has 7 heteroatoms. The van der Waals surface area contributed by atoms with Gasteiger partial charge in [-0.3, -0.25) is 0 Å². The molecule has 2 rings (SSSR count). The van der Waals surface area contributed by atoms with Crippen LogP contribution in [-0.4, -0.2) is 24.4 Å². The summed E-state index contributed by atoms with van der Waals surface area (Å²) in [4.78, 5) is 4.20. The topological polar surface area (TPSA) is 83.4 Å². The van der Waals surface area contributed by atoms with Gasteiger partial charge < -0.3 is 19.7 Å². The van der Waals surface area contributed by atoms with E-state index in [4.69, 9.17) is 31.3 Å². The molecule has 1 aromatic heterocycles. The standard InChI is InChI=1S/C13H16ClN3O3/c1-4-7-5-8(18-2)12(19-3)10(11(7)14)13-16-9(6-15)20-17-13/h5H,4,6,15H2,1-3H3. The second-order valence-corrected chi connectivity index (χ2v) is 4.41. The second-order valence-electron chi connectivity index (χ2n) is 4.03. The third kappa shape index (κ3) is 2.44. The number of nitrogens with zero attached hydrogens (tertiary/aromatic N) is 2. The number of hydrogen-bond donors (Lipinski definition) is 1. The smallest absolute Gasteiger partial charge is 0.240 e. The minimum atomic E-state index is 0.164. The van der Waals surface area contributed by atoms with E-state index in [1.54, 1.807) is 7.11 Å². The van der Waals surface area contributed by atoms with Crippen LogP contribution in [0.2, 0.25) is 5.02 Å². The fourth-order valence-electron chi connectivity index (χ4n) is 1.92. The van der Waals surface area contributed by atoms with E-state index >= 15 is 0 Å². The third-order valence-corrected chi connectivity index (χ3v) is 3.36. The number of halogens is 1. The van der Waals surface area contributed by atoms with Gasteiger partial charge in [0, 0.05) is 0 Å². The molecule has 2 aromatic rings. The molecule has 2 N–H and O–H groups in total.